The maximum Gasteiger partial charge on any atom is 0.310 e. The van der Waals surface area contributed by atoms with E-state index in [0.29, 0.717) is 0 Å². The van der Waals surface area contributed by atoms with Crippen molar-refractivity contribution in [3.63, 3.8) is 0 Å². The first kappa shape index (κ1) is 9.21. The number of hydrogen-bond acceptors (Lipinski definition) is 1. The molecule has 0 aliphatic heterocycles. The van der Waals surface area contributed by atoms with Crippen molar-refractivity contribution in [2.45, 2.75) is 20.8 Å². The van der Waals surface area contributed by atoms with E-state index in [1.54, 1.807) is 6.92 Å². The van der Waals surface area contributed by atoms with E-state index in [-0.39, 0.29) is 11.8 Å². The summed E-state index contributed by atoms with van der Waals surface area (Å²) in [5.41, 5.74) is 0.725. The van der Waals surface area contributed by atoms with Crippen LogP contribution in [-0.2, 0) is 4.79 Å². The molecular formula is C8H14O2. The highest BCUT2D eigenvalue weighted by Gasteiger charge is 2.21. The van der Waals surface area contributed by atoms with Crippen molar-refractivity contribution in [2.24, 2.45) is 11.8 Å². The first-order chi connectivity index (χ1) is 4.46. The molecule has 0 radical (unpaired) electrons. The SMILES string of the molecule is C=C(C)C(C(=O)O)C(C)C. The van der Waals surface area contributed by atoms with Crippen molar-refractivity contribution >= 4 is 5.97 Å². The van der Waals surface area contributed by atoms with Gasteiger partial charge in [-0.2, -0.15) is 0 Å². The number of rotatable bonds is 3. The van der Waals surface area contributed by atoms with E-state index in [0.717, 1.165) is 5.57 Å². The van der Waals surface area contributed by atoms with Crippen LogP contribution in [0.2, 0.25) is 0 Å². The van der Waals surface area contributed by atoms with E-state index in [4.69, 9.17) is 5.11 Å². The largest absolute Gasteiger partial charge is 0.481 e. The zero-order chi connectivity index (χ0) is 8.31. The Kier molecular flexibility index (Phi) is 3.13. The Hall–Kier alpha value is -0.790. The molecule has 0 aromatic carbocycles. The van der Waals surface area contributed by atoms with E-state index < -0.39 is 5.97 Å². The monoisotopic (exact) mass is 142 g/mol. The van der Waals surface area contributed by atoms with Crippen LogP contribution < -0.4 is 0 Å². The van der Waals surface area contributed by atoms with E-state index in [1.807, 2.05) is 13.8 Å². The lowest BCUT2D eigenvalue weighted by molar-refractivity contribution is -0.141. The second-order valence-electron chi connectivity index (χ2n) is 2.91. The molecule has 0 rings (SSSR count). The van der Waals surface area contributed by atoms with Gasteiger partial charge < -0.3 is 5.11 Å². The normalized spacial score (nSPS) is 13.2. The van der Waals surface area contributed by atoms with Crippen LogP contribution in [0.1, 0.15) is 20.8 Å². The summed E-state index contributed by atoms with van der Waals surface area (Å²) in [6.45, 7) is 9.13. The Morgan fingerprint density at radius 1 is 1.50 bits per heavy atom. The molecule has 0 spiro atoms. The minimum Gasteiger partial charge on any atom is -0.481 e. The Morgan fingerprint density at radius 3 is 1.90 bits per heavy atom. The molecule has 1 unspecified atom stereocenters. The predicted octanol–water partition coefficient (Wildman–Crippen LogP) is 1.92. The molecule has 0 aromatic heterocycles. The molecule has 0 heterocycles. The number of carboxylic acid groups (broad SMARTS) is 1. The maximum atomic E-state index is 10.5. The summed E-state index contributed by atoms with van der Waals surface area (Å²) in [6, 6.07) is 0. The molecule has 0 bridgehead atoms. The zero-order valence-corrected chi connectivity index (χ0v) is 6.72. The summed E-state index contributed by atoms with van der Waals surface area (Å²) in [6.07, 6.45) is 0. The Morgan fingerprint density at radius 2 is 1.90 bits per heavy atom. The first-order valence-corrected chi connectivity index (χ1v) is 3.35. The second kappa shape index (κ2) is 3.40. The third kappa shape index (κ3) is 2.21. The van der Waals surface area contributed by atoms with Crippen LogP contribution in [0.3, 0.4) is 0 Å². The van der Waals surface area contributed by atoms with E-state index in [9.17, 15) is 4.79 Å². The van der Waals surface area contributed by atoms with Gasteiger partial charge in [-0.3, -0.25) is 4.79 Å². The molecule has 2 heteroatoms. The van der Waals surface area contributed by atoms with Gasteiger partial charge in [0.15, 0.2) is 0 Å². The molecule has 0 aliphatic carbocycles. The fourth-order valence-electron chi connectivity index (χ4n) is 1.06. The first-order valence-electron chi connectivity index (χ1n) is 3.35. The van der Waals surface area contributed by atoms with Crippen LogP contribution in [0.4, 0.5) is 0 Å². The van der Waals surface area contributed by atoms with Gasteiger partial charge in [0.05, 0.1) is 5.92 Å². The molecule has 0 aromatic rings. The van der Waals surface area contributed by atoms with Gasteiger partial charge in [-0.25, -0.2) is 0 Å². The van der Waals surface area contributed by atoms with Gasteiger partial charge in [0.1, 0.15) is 0 Å². The summed E-state index contributed by atoms with van der Waals surface area (Å²) >= 11 is 0. The Balaban J connectivity index is 4.27. The van der Waals surface area contributed by atoms with Gasteiger partial charge in [0, 0.05) is 0 Å². The molecule has 1 atom stereocenters. The molecule has 0 saturated heterocycles. The van der Waals surface area contributed by atoms with Crippen LogP contribution in [0, 0.1) is 11.8 Å². The van der Waals surface area contributed by atoms with Gasteiger partial charge >= 0.3 is 5.97 Å². The highest BCUT2D eigenvalue weighted by molar-refractivity contribution is 5.73. The fraction of sp³-hybridized carbons (Fsp3) is 0.625. The minimum atomic E-state index is -0.775. The summed E-state index contributed by atoms with van der Waals surface area (Å²) in [4.78, 5) is 10.5. The third-order valence-corrected chi connectivity index (χ3v) is 1.46. The molecule has 0 aliphatic rings. The van der Waals surface area contributed by atoms with Crippen molar-refractivity contribution in [2.75, 3.05) is 0 Å². The number of hydrogen-bond donors (Lipinski definition) is 1. The quantitative estimate of drug-likeness (QED) is 0.611. The highest BCUT2D eigenvalue weighted by Crippen LogP contribution is 2.18. The summed E-state index contributed by atoms with van der Waals surface area (Å²) in [5, 5.41) is 8.65. The van der Waals surface area contributed by atoms with Gasteiger partial charge in [-0.15, -0.1) is 0 Å². The van der Waals surface area contributed by atoms with Crippen molar-refractivity contribution in [3.8, 4) is 0 Å². The molecule has 0 fully saturated rings. The molecular weight excluding hydrogens is 128 g/mol. The van der Waals surface area contributed by atoms with E-state index >= 15 is 0 Å². The summed E-state index contributed by atoms with van der Waals surface area (Å²) < 4.78 is 0. The van der Waals surface area contributed by atoms with E-state index in [2.05, 4.69) is 6.58 Å². The Labute approximate surface area is 61.6 Å². The molecule has 0 saturated carbocycles. The molecule has 58 valence electrons. The maximum absolute atomic E-state index is 10.5. The lowest BCUT2D eigenvalue weighted by atomic mass is 9.90. The lowest BCUT2D eigenvalue weighted by Gasteiger charge is -2.15. The predicted molar refractivity (Wildman–Crippen MR) is 40.8 cm³/mol. The van der Waals surface area contributed by atoms with E-state index in [1.165, 1.54) is 0 Å². The van der Waals surface area contributed by atoms with Gasteiger partial charge in [-0.05, 0) is 12.8 Å². The molecule has 10 heavy (non-hydrogen) atoms. The van der Waals surface area contributed by atoms with Crippen molar-refractivity contribution < 1.29 is 9.90 Å². The van der Waals surface area contributed by atoms with Crippen LogP contribution in [0.15, 0.2) is 12.2 Å². The molecule has 2 nitrogen and oxygen atoms in total. The second-order valence-corrected chi connectivity index (χ2v) is 2.91. The Bertz CT molecular complexity index is 133. The number of aliphatic carboxylic acids is 1. The van der Waals surface area contributed by atoms with Gasteiger partial charge in [0.25, 0.3) is 0 Å². The summed E-state index contributed by atoms with van der Waals surface area (Å²) in [5.74, 6) is -1.03. The fourth-order valence-corrected chi connectivity index (χ4v) is 1.06. The smallest absolute Gasteiger partial charge is 0.310 e. The van der Waals surface area contributed by atoms with Crippen molar-refractivity contribution in [3.05, 3.63) is 12.2 Å². The third-order valence-electron chi connectivity index (χ3n) is 1.46. The average Bonchev–Trinajstić information content (AvgIpc) is 1.59. The van der Waals surface area contributed by atoms with Crippen LogP contribution in [0.25, 0.3) is 0 Å². The van der Waals surface area contributed by atoms with Crippen molar-refractivity contribution in [1.29, 1.82) is 0 Å². The average molecular weight is 142 g/mol. The van der Waals surface area contributed by atoms with Crippen LogP contribution >= 0.6 is 0 Å². The lowest BCUT2D eigenvalue weighted by Crippen LogP contribution is -2.20. The minimum absolute atomic E-state index is 0.134. The van der Waals surface area contributed by atoms with Crippen molar-refractivity contribution in [1.82, 2.24) is 0 Å². The standard InChI is InChI=1S/C8H14O2/c1-5(2)7(6(3)4)8(9)10/h6-7H,1H2,2-4H3,(H,9,10). The highest BCUT2D eigenvalue weighted by atomic mass is 16.4. The van der Waals surface area contributed by atoms with Gasteiger partial charge in [0.2, 0.25) is 0 Å². The summed E-state index contributed by atoms with van der Waals surface area (Å²) in [7, 11) is 0. The molecule has 0 amide bonds. The number of carbonyl (C=O) groups is 1. The van der Waals surface area contributed by atoms with Crippen LogP contribution in [-0.4, -0.2) is 11.1 Å². The van der Waals surface area contributed by atoms with Gasteiger partial charge in [-0.1, -0.05) is 26.0 Å². The van der Waals surface area contributed by atoms with Crippen LogP contribution in [0.5, 0.6) is 0 Å². The zero-order valence-electron chi connectivity index (χ0n) is 6.72. The number of carboxylic acids is 1. The molecule has 1 N–H and O–H groups in total. The topological polar surface area (TPSA) is 37.3 Å².